The molecule has 0 fully saturated rings. The highest BCUT2D eigenvalue weighted by molar-refractivity contribution is 5.48. The van der Waals surface area contributed by atoms with E-state index in [2.05, 4.69) is 0 Å². The molecule has 0 aliphatic heterocycles. The maximum atomic E-state index is 10.8. The molecule has 0 saturated carbocycles. The van der Waals surface area contributed by atoms with E-state index in [1.165, 1.54) is 6.07 Å². The van der Waals surface area contributed by atoms with Crippen LogP contribution in [0.2, 0.25) is 0 Å². The van der Waals surface area contributed by atoms with Crippen molar-refractivity contribution in [3.8, 4) is 5.75 Å². The van der Waals surface area contributed by atoms with Crippen molar-refractivity contribution in [1.29, 1.82) is 0 Å². The third kappa shape index (κ3) is 4.00. The Bertz CT molecular complexity index is 406. The molecular weight excluding hydrogens is 234 g/mol. The molecule has 1 aromatic carbocycles. The summed E-state index contributed by atoms with van der Waals surface area (Å²) in [6.45, 7) is 4.16. The van der Waals surface area contributed by atoms with Crippen molar-refractivity contribution in [2.75, 3.05) is 6.61 Å². The monoisotopic (exact) mass is 253 g/mol. The molecule has 0 spiro atoms. The lowest BCUT2D eigenvalue weighted by atomic mass is 10.0. The highest BCUT2D eigenvalue weighted by Gasteiger charge is 2.16. The van der Waals surface area contributed by atoms with Crippen molar-refractivity contribution in [3.05, 3.63) is 33.9 Å². The Morgan fingerprint density at radius 2 is 2.17 bits per heavy atom. The Hall–Kier alpha value is -1.62. The number of ether oxygens (including phenoxy) is 1. The van der Waals surface area contributed by atoms with Crippen LogP contribution < -0.4 is 4.74 Å². The van der Waals surface area contributed by atoms with E-state index in [4.69, 9.17) is 4.74 Å². The third-order valence-corrected chi connectivity index (χ3v) is 2.61. The Labute approximate surface area is 107 Å². The minimum absolute atomic E-state index is 0.0365. The minimum Gasteiger partial charge on any atom is -0.487 e. The van der Waals surface area contributed by atoms with E-state index in [-0.39, 0.29) is 11.4 Å². The summed E-state index contributed by atoms with van der Waals surface area (Å²) < 4.78 is 5.26. The summed E-state index contributed by atoms with van der Waals surface area (Å²) in [5, 5.41) is 20.5. The van der Waals surface area contributed by atoms with E-state index in [9.17, 15) is 15.2 Å². The second-order valence-corrected chi connectivity index (χ2v) is 4.14. The molecule has 0 bridgehead atoms. The van der Waals surface area contributed by atoms with Gasteiger partial charge in [0.25, 0.3) is 0 Å². The SMILES string of the molecule is CCCC(O)Cc1ccc([N+](=O)[O-])c(OCC)c1. The quantitative estimate of drug-likeness (QED) is 0.599. The zero-order chi connectivity index (χ0) is 13.5. The summed E-state index contributed by atoms with van der Waals surface area (Å²) >= 11 is 0. The van der Waals surface area contributed by atoms with Gasteiger partial charge in [0.15, 0.2) is 5.75 Å². The molecule has 0 radical (unpaired) electrons. The van der Waals surface area contributed by atoms with Gasteiger partial charge in [0.1, 0.15) is 0 Å². The fourth-order valence-electron chi connectivity index (χ4n) is 1.81. The van der Waals surface area contributed by atoms with Gasteiger partial charge in [-0.05, 0) is 31.4 Å². The molecule has 0 aliphatic carbocycles. The summed E-state index contributed by atoms with van der Waals surface area (Å²) in [6, 6.07) is 4.74. The summed E-state index contributed by atoms with van der Waals surface area (Å²) in [4.78, 5) is 10.3. The molecule has 5 nitrogen and oxygen atoms in total. The van der Waals surface area contributed by atoms with Crippen molar-refractivity contribution in [2.24, 2.45) is 0 Å². The Morgan fingerprint density at radius 3 is 2.72 bits per heavy atom. The first kappa shape index (κ1) is 14.4. The van der Waals surface area contributed by atoms with Gasteiger partial charge in [-0.15, -0.1) is 0 Å². The lowest BCUT2D eigenvalue weighted by molar-refractivity contribution is -0.385. The van der Waals surface area contributed by atoms with Crippen molar-refractivity contribution >= 4 is 5.69 Å². The van der Waals surface area contributed by atoms with Gasteiger partial charge in [-0.1, -0.05) is 19.4 Å². The first-order chi connectivity index (χ1) is 8.58. The lowest BCUT2D eigenvalue weighted by Gasteiger charge is -2.11. The highest BCUT2D eigenvalue weighted by Crippen LogP contribution is 2.28. The van der Waals surface area contributed by atoms with E-state index in [1.54, 1.807) is 19.1 Å². The standard InChI is InChI=1S/C13H19NO4/c1-3-5-11(15)8-10-6-7-12(14(16)17)13(9-10)18-4-2/h6-7,9,11,15H,3-5,8H2,1-2H3. The number of nitro benzene ring substituents is 1. The maximum Gasteiger partial charge on any atom is 0.310 e. The van der Waals surface area contributed by atoms with E-state index in [1.807, 2.05) is 6.92 Å². The minimum atomic E-state index is -0.461. The average Bonchev–Trinajstić information content (AvgIpc) is 2.29. The third-order valence-electron chi connectivity index (χ3n) is 2.61. The maximum absolute atomic E-state index is 10.8. The topological polar surface area (TPSA) is 72.6 Å². The van der Waals surface area contributed by atoms with Crippen molar-refractivity contribution in [2.45, 2.75) is 39.2 Å². The zero-order valence-corrected chi connectivity index (χ0v) is 10.8. The van der Waals surface area contributed by atoms with E-state index < -0.39 is 11.0 Å². The Balaban J connectivity index is 2.88. The number of benzene rings is 1. The molecule has 18 heavy (non-hydrogen) atoms. The van der Waals surface area contributed by atoms with Crippen LogP contribution in [0.3, 0.4) is 0 Å². The molecule has 5 heteroatoms. The highest BCUT2D eigenvalue weighted by atomic mass is 16.6. The first-order valence-electron chi connectivity index (χ1n) is 6.16. The second-order valence-electron chi connectivity index (χ2n) is 4.14. The normalized spacial score (nSPS) is 12.2. The predicted octanol–water partition coefficient (Wildman–Crippen LogP) is 2.70. The number of aliphatic hydroxyl groups excluding tert-OH is 1. The molecule has 0 aliphatic rings. The number of rotatable bonds is 7. The fraction of sp³-hybridized carbons (Fsp3) is 0.538. The smallest absolute Gasteiger partial charge is 0.310 e. The van der Waals surface area contributed by atoms with Gasteiger partial charge < -0.3 is 9.84 Å². The molecule has 1 N–H and O–H groups in total. The number of nitrogens with zero attached hydrogens (tertiary/aromatic N) is 1. The van der Waals surface area contributed by atoms with Gasteiger partial charge in [-0.2, -0.15) is 0 Å². The second kappa shape index (κ2) is 6.96. The Kier molecular flexibility index (Phi) is 5.58. The summed E-state index contributed by atoms with van der Waals surface area (Å²) in [6.07, 6.45) is 1.71. The van der Waals surface area contributed by atoms with Crippen molar-refractivity contribution < 1.29 is 14.8 Å². The first-order valence-corrected chi connectivity index (χ1v) is 6.16. The fourth-order valence-corrected chi connectivity index (χ4v) is 1.81. The van der Waals surface area contributed by atoms with E-state index in [0.717, 1.165) is 18.4 Å². The van der Waals surface area contributed by atoms with Crippen LogP contribution in [0.4, 0.5) is 5.69 Å². The molecule has 0 amide bonds. The molecule has 100 valence electrons. The van der Waals surface area contributed by atoms with Crippen LogP contribution in [0.5, 0.6) is 5.75 Å². The molecule has 1 aromatic rings. The number of nitro groups is 1. The zero-order valence-electron chi connectivity index (χ0n) is 10.8. The largest absolute Gasteiger partial charge is 0.487 e. The van der Waals surface area contributed by atoms with Crippen molar-refractivity contribution in [3.63, 3.8) is 0 Å². The van der Waals surface area contributed by atoms with Crippen LogP contribution in [0.1, 0.15) is 32.3 Å². The van der Waals surface area contributed by atoms with Crippen LogP contribution in [0.15, 0.2) is 18.2 Å². The number of hydrogen-bond donors (Lipinski definition) is 1. The lowest BCUT2D eigenvalue weighted by Crippen LogP contribution is -2.10. The molecule has 1 rings (SSSR count). The van der Waals surface area contributed by atoms with E-state index >= 15 is 0 Å². The van der Waals surface area contributed by atoms with Crippen LogP contribution in [-0.4, -0.2) is 22.7 Å². The number of hydrogen-bond acceptors (Lipinski definition) is 4. The van der Waals surface area contributed by atoms with Gasteiger partial charge in [-0.3, -0.25) is 10.1 Å². The summed E-state index contributed by atoms with van der Waals surface area (Å²) in [7, 11) is 0. The van der Waals surface area contributed by atoms with Crippen LogP contribution in [0.25, 0.3) is 0 Å². The molecule has 1 atom stereocenters. The van der Waals surface area contributed by atoms with Crippen LogP contribution >= 0.6 is 0 Å². The molecule has 0 aromatic heterocycles. The predicted molar refractivity (Wildman–Crippen MR) is 68.9 cm³/mol. The molecule has 0 heterocycles. The van der Waals surface area contributed by atoms with Gasteiger partial charge in [-0.25, -0.2) is 0 Å². The molecule has 1 unspecified atom stereocenters. The van der Waals surface area contributed by atoms with Gasteiger partial charge in [0.2, 0.25) is 0 Å². The van der Waals surface area contributed by atoms with E-state index in [0.29, 0.717) is 13.0 Å². The summed E-state index contributed by atoms with van der Waals surface area (Å²) in [5.74, 6) is 0.267. The summed E-state index contributed by atoms with van der Waals surface area (Å²) in [5.41, 5.74) is 0.815. The van der Waals surface area contributed by atoms with Gasteiger partial charge in [0, 0.05) is 6.07 Å². The number of aliphatic hydroxyl groups is 1. The van der Waals surface area contributed by atoms with Gasteiger partial charge in [0.05, 0.1) is 17.6 Å². The Morgan fingerprint density at radius 1 is 1.44 bits per heavy atom. The van der Waals surface area contributed by atoms with Crippen molar-refractivity contribution in [1.82, 2.24) is 0 Å². The van der Waals surface area contributed by atoms with Gasteiger partial charge >= 0.3 is 5.69 Å². The molecule has 0 saturated heterocycles. The molecular formula is C13H19NO4. The van der Waals surface area contributed by atoms with Crippen LogP contribution in [0, 0.1) is 10.1 Å². The van der Waals surface area contributed by atoms with Crippen LogP contribution in [-0.2, 0) is 6.42 Å². The average molecular weight is 253 g/mol.